The zero-order valence-corrected chi connectivity index (χ0v) is 58.7. The molecule has 1 aliphatic rings. The minimum absolute atomic E-state index is 0.184. The van der Waals surface area contributed by atoms with Crippen LogP contribution in [0.4, 0.5) is 0 Å². The molecule has 1 aliphatic heterocycles. The van der Waals surface area contributed by atoms with Crippen molar-refractivity contribution >= 4 is 5.91 Å². The number of allylic oxidation sites excluding steroid dienone is 9. The number of carbonyl (C=O) groups is 1. The van der Waals surface area contributed by atoms with Gasteiger partial charge >= 0.3 is 0 Å². The number of nitrogens with one attached hydrogen (secondary N) is 1. The van der Waals surface area contributed by atoms with Crippen LogP contribution in [0.1, 0.15) is 386 Å². The second-order valence-electron chi connectivity index (χ2n) is 27.1. The summed E-state index contributed by atoms with van der Waals surface area (Å²) < 4.78 is 11.3. The van der Waals surface area contributed by atoms with Crippen molar-refractivity contribution in [2.24, 2.45) is 0 Å². The molecule has 9 nitrogen and oxygen atoms in total. The molecule has 1 amide bonds. The number of hydrogen-bond acceptors (Lipinski definition) is 8. The summed E-state index contributed by atoms with van der Waals surface area (Å²) in [6.45, 7) is 3.80. The molecule has 522 valence electrons. The largest absolute Gasteiger partial charge is 0.394 e. The van der Waals surface area contributed by atoms with Gasteiger partial charge in [0.2, 0.25) is 5.91 Å². The molecule has 9 heteroatoms. The minimum Gasteiger partial charge on any atom is -0.394 e. The molecular formula is C80H149NO8. The van der Waals surface area contributed by atoms with Crippen molar-refractivity contribution in [2.75, 3.05) is 13.2 Å². The Labute approximate surface area is 551 Å². The maximum absolute atomic E-state index is 13.2. The molecule has 1 rings (SSSR count). The third-order valence-electron chi connectivity index (χ3n) is 18.5. The molecule has 6 N–H and O–H groups in total. The highest BCUT2D eigenvalue weighted by Crippen LogP contribution is 2.24. The first-order chi connectivity index (χ1) is 43.8. The van der Waals surface area contributed by atoms with Crippen LogP contribution in [0.5, 0.6) is 0 Å². The van der Waals surface area contributed by atoms with Gasteiger partial charge in [0.1, 0.15) is 24.4 Å². The van der Waals surface area contributed by atoms with Gasteiger partial charge in [-0.3, -0.25) is 4.79 Å². The van der Waals surface area contributed by atoms with Gasteiger partial charge in [-0.1, -0.05) is 364 Å². The van der Waals surface area contributed by atoms with Crippen molar-refractivity contribution in [3.05, 3.63) is 60.8 Å². The van der Waals surface area contributed by atoms with Crippen molar-refractivity contribution in [2.45, 2.75) is 429 Å². The third-order valence-corrected chi connectivity index (χ3v) is 18.5. The topological polar surface area (TPSA) is 149 Å². The first-order valence-electron chi connectivity index (χ1n) is 39.0. The fourth-order valence-electron chi connectivity index (χ4n) is 12.5. The zero-order chi connectivity index (χ0) is 64.2. The maximum Gasteiger partial charge on any atom is 0.220 e. The summed E-state index contributed by atoms with van der Waals surface area (Å²) in [6, 6.07) is -0.830. The van der Waals surface area contributed by atoms with Gasteiger partial charge in [-0.15, -0.1) is 0 Å². The molecule has 0 aromatic rings. The molecule has 0 radical (unpaired) electrons. The van der Waals surface area contributed by atoms with Gasteiger partial charge in [-0.25, -0.2) is 0 Å². The molecule has 1 saturated heterocycles. The number of carbonyl (C=O) groups excluding carboxylic acids is 1. The standard InChI is InChI=1S/C80H149NO8/c1-3-5-7-9-11-13-15-17-19-21-23-25-27-29-31-33-34-35-36-37-38-39-40-42-44-46-48-50-52-54-56-58-60-62-64-66-68-70-76(84)81-73(72-88-80-79(87)78(86)77(85)75(71-82)89-80)74(83)69-67-65-63-61-59-57-55-53-51-49-47-45-43-41-32-30-28-26-24-22-20-18-16-14-12-10-8-6-4-2/h15,17,21,23,51,53,59,61,67,69,73-75,77-80,82-83,85-87H,3-14,16,18-20,22,24-50,52,54-58,60,62-66,68,70-72H2,1-2H3,(H,81,84)/b17-15-,23-21-,53-51+,61-59+,69-67+. The number of ether oxygens (including phenoxy) is 2. The first-order valence-corrected chi connectivity index (χ1v) is 39.0. The SMILES string of the molecule is CCCCCCC/C=C\C/C=C\CCCCCCCCCCCCCCCCCCCCCCCCCCCC(=O)NC(COC1OC(CO)C(O)C(O)C1O)C(O)/C=C/CC/C=C/CC/C=C/CCCCCCCCCCCCCCCCCCCCC. The second kappa shape index (κ2) is 68.7. The lowest BCUT2D eigenvalue weighted by molar-refractivity contribution is -0.302. The Balaban J connectivity index is 2.09. The van der Waals surface area contributed by atoms with Crippen LogP contribution in [0.2, 0.25) is 0 Å². The monoisotopic (exact) mass is 1250 g/mol. The van der Waals surface area contributed by atoms with Gasteiger partial charge in [0.05, 0.1) is 25.4 Å². The van der Waals surface area contributed by atoms with E-state index in [0.717, 1.165) is 51.4 Å². The van der Waals surface area contributed by atoms with Crippen LogP contribution in [0, 0.1) is 0 Å². The first kappa shape index (κ1) is 84.9. The van der Waals surface area contributed by atoms with Crippen LogP contribution < -0.4 is 5.32 Å². The fraction of sp³-hybridized carbons (Fsp3) is 0.863. The van der Waals surface area contributed by atoms with Crippen molar-refractivity contribution in [1.29, 1.82) is 0 Å². The predicted molar refractivity (Wildman–Crippen MR) is 382 cm³/mol. The number of rotatable bonds is 69. The molecule has 0 bridgehead atoms. The van der Waals surface area contributed by atoms with E-state index in [1.807, 2.05) is 6.08 Å². The summed E-state index contributed by atoms with van der Waals surface area (Å²) in [5, 5.41) is 54.8. The van der Waals surface area contributed by atoms with Gasteiger partial charge in [0.15, 0.2) is 6.29 Å². The van der Waals surface area contributed by atoms with E-state index >= 15 is 0 Å². The number of aliphatic hydroxyl groups excluding tert-OH is 5. The fourth-order valence-corrected chi connectivity index (χ4v) is 12.5. The summed E-state index contributed by atoms with van der Waals surface area (Å²) in [7, 11) is 0. The number of hydrogen-bond donors (Lipinski definition) is 6. The van der Waals surface area contributed by atoms with E-state index in [0.29, 0.717) is 6.42 Å². The Morgan fingerprint density at radius 2 is 0.674 bits per heavy atom. The molecule has 7 atom stereocenters. The average Bonchev–Trinajstić information content (AvgIpc) is 2.28. The van der Waals surface area contributed by atoms with Crippen LogP contribution >= 0.6 is 0 Å². The van der Waals surface area contributed by atoms with Crippen molar-refractivity contribution < 1.29 is 39.8 Å². The van der Waals surface area contributed by atoms with Gasteiger partial charge in [-0.05, 0) is 77.0 Å². The van der Waals surface area contributed by atoms with E-state index < -0.39 is 49.5 Å². The van der Waals surface area contributed by atoms with Crippen molar-refractivity contribution in [3.63, 3.8) is 0 Å². The van der Waals surface area contributed by atoms with E-state index in [2.05, 4.69) is 67.8 Å². The highest BCUT2D eigenvalue weighted by atomic mass is 16.7. The third kappa shape index (κ3) is 57.1. The lowest BCUT2D eigenvalue weighted by atomic mass is 9.99. The summed E-state index contributed by atoms with van der Waals surface area (Å²) in [5.41, 5.74) is 0. The van der Waals surface area contributed by atoms with E-state index in [4.69, 9.17) is 9.47 Å². The molecule has 1 fully saturated rings. The summed E-state index contributed by atoms with van der Waals surface area (Å²) >= 11 is 0. The maximum atomic E-state index is 13.2. The van der Waals surface area contributed by atoms with Gasteiger partial charge in [0.25, 0.3) is 0 Å². The molecule has 7 unspecified atom stereocenters. The molecule has 0 spiro atoms. The summed E-state index contributed by atoms with van der Waals surface area (Å²) in [4.78, 5) is 13.2. The quantitative estimate of drug-likeness (QED) is 0.0261. The summed E-state index contributed by atoms with van der Waals surface area (Å²) in [5.74, 6) is -0.184. The second-order valence-corrected chi connectivity index (χ2v) is 27.1. The smallest absolute Gasteiger partial charge is 0.220 e. The average molecular weight is 1250 g/mol. The van der Waals surface area contributed by atoms with Crippen LogP contribution in [0.3, 0.4) is 0 Å². The highest BCUT2D eigenvalue weighted by molar-refractivity contribution is 5.76. The van der Waals surface area contributed by atoms with Gasteiger partial charge < -0.3 is 40.3 Å². The van der Waals surface area contributed by atoms with Gasteiger partial charge in [0, 0.05) is 6.42 Å². The number of amides is 1. The molecular weight excluding hydrogens is 1100 g/mol. The van der Waals surface area contributed by atoms with E-state index in [9.17, 15) is 30.3 Å². The van der Waals surface area contributed by atoms with Crippen LogP contribution in [0.15, 0.2) is 60.8 Å². The molecule has 0 aromatic heterocycles. The number of aliphatic hydroxyl groups is 5. The highest BCUT2D eigenvalue weighted by Gasteiger charge is 2.44. The number of unbranched alkanes of at least 4 members (excludes halogenated alkanes) is 51. The molecule has 0 aromatic carbocycles. The minimum atomic E-state index is -1.58. The van der Waals surface area contributed by atoms with E-state index in [-0.39, 0.29) is 12.5 Å². The molecule has 0 saturated carbocycles. The van der Waals surface area contributed by atoms with Crippen LogP contribution in [-0.2, 0) is 14.3 Å². The zero-order valence-electron chi connectivity index (χ0n) is 58.7. The van der Waals surface area contributed by atoms with E-state index in [1.165, 1.54) is 315 Å². The normalized spacial score (nSPS) is 18.1. The lowest BCUT2D eigenvalue weighted by Crippen LogP contribution is -2.60. The summed E-state index contributed by atoms with van der Waals surface area (Å²) in [6.07, 6.45) is 89.4. The van der Waals surface area contributed by atoms with Crippen LogP contribution in [0.25, 0.3) is 0 Å². The van der Waals surface area contributed by atoms with Crippen molar-refractivity contribution in [3.8, 4) is 0 Å². The van der Waals surface area contributed by atoms with Gasteiger partial charge in [-0.2, -0.15) is 0 Å². The Hall–Kier alpha value is -2.11. The Bertz CT molecular complexity index is 1600. The Morgan fingerprint density at radius 1 is 0.382 bits per heavy atom. The van der Waals surface area contributed by atoms with E-state index in [1.54, 1.807) is 6.08 Å². The Kier molecular flexibility index (Phi) is 65.6. The molecule has 89 heavy (non-hydrogen) atoms. The Morgan fingerprint density at radius 3 is 1.01 bits per heavy atom. The molecule has 1 heterocycles. The van der Waals surface area contributed by atoms with Crippen LogP contribution in [-0.4, -0.2) is 87.5 Å². The predicted octanol–water partition coefficient (Wildman–Crippen LogP) is 22.1. The lowest BCUT2D eigenvalue weighted by Gasteiger charge is -2.40. The van der Waals surface area contributed by atoms with Crippen molar-refractivity contribution in [1.82, 2.24) is 5.32 Å². The molecule has 0 aliphatic carbocycles.